The van der Waals surface area contributed by atoms with E-state index >= 15 is 0 Å². The lowest BCUT2D eigenvalue weighted by molar-refractivity contribution is -0.122. The number of nitrogens with zero attached hydrogens (tertiary/aromatic N) is 3. The topological polar surface area (TPSA) is 65.0 Å². The number of carbonyl (C=O) groups is 2. The number of fused-ring (bicyclic) bond motifs is 2. The molecule has 1 aromatic heterocycles. The molecule has 168 valence electrons. The van der Waals surface area contributed by atoms with Crippen LogP contribution >= 0.6 is 22.9 Å². The molecule has 0 spiro atoms. The number of rotatable bonds is 2. The number of carbonyl (C=O) groups excluding carboxylic acids is 2. The molecule has 3 amide bonds. The lowest BCUT2D eigenvalue weighted by Gasteiger charge is -2.55. The first-order valence-corrected chi connectivity index (χ1v) is 12.3. The standard InChI is InChI=1S/C25H23ClN4O2S/c1-13-11-25(3)21-19(14(13)2)27-18(31)12-29(21)24(32)30-22(25)20(15-6-8-16(26)9-7-15)28-23(30)17-5-4-10-33-17/h4-11,14,20,22H,12H2,1-3H3,(H,27,31). The molecule has 6 rings (SSSR count). The number of nitrogens with one attached hydrogen (secondary N) is 1. The molecule has 1 aliphatic carbocycles. The quantitative estimate of drug-likeness (QED) is 0.620. The van der Waals surface area contributed by atoms with Crippen LogP contribution in [0.25, 0.3) is 0 Å². The number of amidine groups is 1. The highest BCUT2D eigenvalue weighted by Gasteiger charge is 2.61. The van der Waals surface area contributed by atoms with Crippen molar-refractivity contribution in [2.24, 2.45) is 16.3 Å². The van der Waals surface area contributed by atoms with E-state index in [-0.39, 0.29) is 36.5 Å². The Morgan fingerprint density at radius 1 is 1.21 bits per heavy atom. The second kappa shape index (κ2) is 7.05. The average Bonchev–Trinajstić information content (AvgIpc) is 3.44. The van der Waals surface area contributed by atoms with E-state index in [1.54, 1.807) is 16.2 Å². The molecule has 1 N–H and O–H groups in total. The van der Waals surface area contributed by atoms with Crippen molar-refractivity contribution < 1.29 is 9.59 Å². The van der Waals surface area contributed by atoms with Gasteiger partial charge in [0.05, 0.1) is 28.1 Å². The molecule has 33 heavy (non-hydrogen) atoms. The third-order valence-electron chi connectivity index (χ3n) is 7.33. The van der Waals surface area contributed by atoms with Crippen LogP contribution in [0.15, 0.2) is 69.8 Å². The number of allylic oxidation sites excluding steroid dienone is 1. The predicted octanol–water partition coefficient (Wildman–Crippen LogP) is 4.95. The first kappa shape index (κ1) is 20.7. The van der Waals surface area contributed by atoms with Gasteiger partial charge in [-0.25, -0.2) is 4.79 Å². The molecule has 4 heterocycles. The number of hydrogen-bond acceptors (Lipinski definition) is 4. The Kier molecular flexibility index (Phi) is 4.42. The van der Waals surface area contributed by atoms with Crippen molar-refractivity contribution in [1.82, 2.24) is 15.1 Å². The molecule has 0 bridgehead atoms. The largest absolute Gasteiger partial charge is 0.330 e. The average molecular weight is 479 g/mol. The summed E-state index contributed by atoms with van der Waals surface area (Å²) in [5.74, 6) is 0.539. The Morgan fingerprint density at radius 2 is 1.97 bits per heavy atom. The zero-order chi connectivity index (χ0) is 23.1. The molecule has 0 radical (unpaired) electrons. The van der Waals surface area contributed by atoms with Crippen LogP contribution in [0.2, 0.25) is 5.02 Å². The first-order valence-electron chi connectivity index (χ1n) is 11.0. The summed E-state index contributed by atoms with van der Waals surface area (Å²) in [5.41, 5.74) is 3.39. The summed E-state index contributed by atoms with van der Waals surface area (Å²) < 4.78 is 0. The van der Waals surface area contributed by atoms with Gasteiger partial charge in [-0.3, -0.25) is 19.6 Å². The van der Waals surface area contributed by atoms with Gasteiger partial charge in [-0.2, -0.15) is 0 Å². The Bertz CT molecular complexity index is 1280. The Balaban J connectivity index is 1.61. The summed E-state index contributed by atoms with van der Waals surface area (Å²) >= 11 is 7.74. The molecule has 8 heteroatoms. The van der Waals surface area contributed by atoms with Gasteiger partial charge < -0.3 is 5.32 Å². The van der Waals surface area contributed by atoms with Gasteiger partial charge >= 0.3 is 6.03 Å². The molecule has 0 saturated carbocycles. The van der Waals surface area contributed by atoms with Gasteiger partial charge in [0, 0.05) is 16.6 Å². The van der Waals surface area contributed by atoms with E-state index in [0.29, 0.717) is 10.9 Å². The highest BCUT2D eigenvalue weighted by molar-refractivity contribution is 7.12. The molecule has 2 aromatic rings. The number of amides is 3. The maximum absolute atomic E-state index is 14.0. The maximum Gasteiger partial charge on any atom is 0.330 e. The molecule has 4 aliphatic rings. The summed E-state index contributed by atoms with van der Waals surface area (Å²) in [7, 11) is 0. The van der Waals surface area contributed by atoms with Crippen LogP contribution in [-0.2, 0) is 4.79 Å². The lowest BCUT2D eigenvalue weighted by atomic mass is 9.66. The fourth-order valence-corrected chi connectivity index (χ4v) is 6.62. The molecular formula is C25H23ClN4O2S. The number of aliphatic imine (C=N–C) groups is 1. The lowest BCUT2D eigenvalue weighted by Crippen LogP contribution is -2.66. The minimum absolute atomic E-state index is 0.0133. The van der Waals surface area contributed by atoms with Crippen LogP contribution in [0.5, 0.6) is 0 Å². The summed E-state index contributed by atoms with van der Waals surface area (Å²) in [6, 6.07) is 11.0. The SMILES string of the molecule is CC1=CC2(C)C3=C(NC(=O)CN3C(=O)N3C(c4cccs4)=NC(c4ccc(Cl)cc4)C32)C1C. The third kappa shape index (κ3) is 2.82. The van der Waals surface area contributed by atoms with E-state index in [1.165, 1.54) is 5.57 Å². The zero-order valence-corrected chi connectivity index (χ0v) is 20.1. The minimum Gasteiger partial charge on any atom is -0.326 e. The number of thiophene rings is 1. The number of halogens is 1. The van der Waals surface area contributed by atoms with Crippen molar-refractivity contribution in [3.05, 3.63) is 80.3 Å². The number of hydrogen-bond donors (Lipinski definition) is 1. The van der Waals surface area contributed by atoms with E-state index in [9.17, 15) is 9.59 Å². The maximum atomic E-state index is 14.0. The molecule has 1 saturated heterocycles. The number of urea groups is 1. The normalized spacial score (nSPS) is 30.6. The molecule has 4 atom stereocenters. The van der Waals surface area contributed by atoms with Crippen molar-refractivity contribution in [3.63, 3.8) is 0 Å². The van der Waals surface area contributed by atoms with Crippen LogP contribution in [0, 0.1) is 11.3 Å². The minimum atomic E-state index is -0.527. The van der Waals surface area contributed by atoms with Crippen LogP contribution in [0.1, 0.15) is 37.3 Å². The second-order valence-electron chi connectivity index (χ2n) is 9.31. The van der Waals surface area contributed by atoms with Crippen molar-refractivity contribution in [2.75, 3.05) is 6.54 Å². The highest BCUT2D eigenvalue weighted by atomic mass is 35.5. The van der Waals surface area contributed by atoms with Gasteiger partial charge in [0.15, 0.2) is 0 Å². The van der Waals surface area contributed by atoms with Gasteiger partial charge in [-0.1, -0.05) is 48.4 Å². The molecule has 3 aliphatic heterocycles. The predicted molar refractivity (Wildman–Crippen MR) is 129 cm³/mol. The Labute approximate surface area is 201 Å². The van der Waals surface area contributed by atoms with Crippen LogP contribution < -0.4 is 5.32 Å². The summed E-state index contributed by atoms with van der Waals surface area (Å²) in [5, 5.41) is 5.74. The fourth-order valence-electron chi connectivity index (χ4n) is 5.77. The van der Waals surface area contributed by atoms with Gasteiger partial charge in [0.2, 0.25) is 5.91 Å². The zero-order valence-electron chi connectivity index (χ0n) is 18.5. The van der Waals surface area contributed by atoms with Gasteiger partial charge in [0.1, 0.15) is 12.4 Å². The van der Waals surface area contributed by atoms with Crippen molar-refractivity contribution in [2.45, 2.75) is 32.9 Å². The van der Waals surface area contributed by atoms with E-state index in [0.717, 1.165) is 21.8 Å². The highest BCUT2D eigenvalue weighted by Crippen LogP contribution is 2.56. The van der Waals surface area contributed by atoms with E-state index in [2.05, 4.69) is 32.2 Å². The smallest absolute Gasteiger partial charge is 0.326 e. The molecular weight excluding hydrogens is 456 g/mol. The van der Waals surface area contributed by atoms with E-state index in [4.69, 9.17) is 16.6 Å². The Morgan fingerprint density at radius 3 is 2.67 bits per heavy atom. The van der Waals surface area contributed by atoms with Crippen LogP contribution in [0.4, 0.5) is 4.79 Å². The summed E-state index contributed by atoms with van der Waals surface area (Å²) in [6.45, 7) is 6.35. The van der Waals surface area contributed by atoms with Crippen molar-refractivity contribution >= 4 is 40.7 Å². The molecule has 1 fully saturated rings. The van der Waals surface area contributed by atoms with E-state index < -0.39 is 5.41 Å². The van der Waals surface area contributed by atoms with E-state index in [1.807, 2.05) is 46.7 Å². The van der Waals surface area contributed by atoms with Crippen LogP contribution in [0.3, 0.4) is 0 Å². The van der Waals surface area contributed by atoms with Gasteiger partial charge in [0.25, 0.3) is 0 Å². The van der Waals surface area contributed by atoms with Gasteiger partial charge in [-0.05, 0) is 43.0 Å². The number of benzene rings is 1. The first-order chi connectivity index (χ1) is 15.8. The third-order valence-corrected chi connectivity index (χ3v) is 8.44. The summed E-state index contributed by atoms with van der Waals surface area (Å²) in [4.78, 5) is 36.2. The fraction of sp³-hybridized carbons (Fsp3) is 0.320. The summed E-state index contributed by atoms with van der Waals surface area (Å²) in [6.07, 6.45) is 2.28. The van der Waals surface area contributed by atoms with Gasteiger partial charge in [-0.15, -0.1) is 11.3 Å². The molecule has 4 unspecified atom stereocenters. The molecule has 6 nitrogen and oxygen atoms in total. The van der Waals surface area contributed by atoms with Crippen molar-refractivity contribution in [3.8, 4) is 0 Å². The second-order valence-corrected chi connectivity index (χ2v) is 10.7. The van der Waals surface area contributed by atoms with Crippen molar-refractivity contribution in [1.29, 1.82) is 0 Å². The Hall–Kier alpha value is -2.90. The monoisotopic (exact) mass is 478 g/mol. The molecule has 1 aromatic carbocycles. The van der Waals surface area contributed by atoms with Crippen LogP contribution in [-0.4, -0.2) is 40.2 Å².